The molecule has 0 fully saturated rings. The molecule has 1 aliphatic rings. The zero-order valence-corrected chi connectivity index (χ0v) is 16.4. The van der Waals surface area contributed by atoms with E-state index in [9.17, 15) is 14.9 Å². The van der Waals surface area contributed by atoms with E-state index in [1.54, 1.807) is 11.0 Å². The Kier molecular flexibility index (Phi) is 5.94. The second kappa shape index (κ2) is 8.39. The number of nitro benzene ring substituents is 1. The molecule has 0 radical (unpaired) electrons. The lowest BCUT2D eigenvalue weighted by Crippen LogP contribution is -2.32. The molecule has 1 N–H and O–H groups in total. The van der Waals surface area contributed by atoms with Crippen LogP contribution in [0.25, 0.3) is 0 Å². The van der Waals surface area contributed by atoms with Crippen LogP contribution in [0, 0.1) is 10.1 Å². The average Bonchev–Trinajstić information content (AvgIpc) is 2.73. The summed E-state index contributed by atoms with van der Waals surface area (Å²) in [4.78, 5) is 25.5. The monoisotopic (exact) mass is 383 g/mol. The summed E-state index contributed by atoms with van der Waals surface area (Å²) in [6.45, 7) is 5.88. The first-order valence-corrected chi connectivity index (χ1v) is 9.48. The van der Waals surface area contributed by atoms with Crippen LogP contribution in [0.15, 0.2) is 36.4 Å². The predicted molar refractivity (Wildman–Crippen MR) is 107 cm³/mol. The molecule has 1 amide bonds. The van der Waals surface area contributed by atoms with E-state index < -0.39 is 0 Å². The molecule has 1 unspecified atom stereocenters. The first-order chi connectivity index (χ1) is 13.5. The quantitative estimate of drug-likeness (QED) is 0.611. The maximum atomic E-state index is 12.5. The SMILES string of the molecule is CCN(CC)C(=O)c1ccc(C2NCCc3c2ccc(OC)c3[N+](=O)[O-])cc1. The number of carbonyl (C=O) groups is 1. The number of hydrogen-bond donors (Lipinski definition) is 1. The molecule has 0 bridgehead atoms. The highest BCUT2D eigenvalue weighted by molar-refractivity contribution is 5.94. The third kappa shape index (κ3) is 3.57. The van der Waals surface area contributed by atoms with Crippen LogP contribution < -0.4 is 10.1 Å². The summed E-state index contributed by atoms with van der Waals surface area (Å²) in [5.74, 6) is 0.290. The molecule has 148 valence electrons. The molecule has 1 aliphatic heterocycles. The third-order valence-corrected chi connectivity index (χ3v) is 5.26. The molecule has 2 aromatic carbocycles. The van der Waals surface area contributed by atoms with Crippen molar-refractivity contribution in [2.24, 2.45) is 0 Å². The standard InChI is InChI=1S/C21H25N3O4/c1-4-23(5-2)21(25)15-8-6-14(7-9-15)19-16-10-11-18(28-3)20(24(26)27)17(16)12-13-22-19/h6-11,19,22H,4-5,12-13H2,1-3H3. The van der Waals surface area contributed by atoms with Gasteiger partial charge in [0.1, 0.15) is 0 Å². The van der Waals surface area contributed by atoms with Crippen LogP contribution in [-0.2, 0) is 6.42 Å². The highest BCUT2D eigenvalue weighted by atomic mass is 16.6. The second-order valence-electron chi connectivity index (χ2n) is 6.68. The van der Waals surface area contributed by atoms with Gasteiger partial charge in [-0.3, -0.25) is 14.9 Å². The van der Waals surface area contributed by atoms with Crippen molar-refractivity contribution in [2.45, 2.75) is 26.3 Å². The third-order valence-electron chi connectivity index (χ3n) is 5.26. The van der Waals surface area contributed by atoms with Gasteiger partial charge in [-0.05, 0) is 49.6 Å². The van der Waals surface area contributed by atoms with Gasteiger partial charge in [0.25, 0.3) is 5.91 Å². The van der Waals surface area contributed by atoms with E-state index in [1.807, 2.05) is 44.2 Å². The predicted octanol–water partition coefficient (Wildman–Crippen LogP) is 3.32. The second-order valence-corrected chi connectivity index (χ2v) is 6.68. The van der Waals surface area contributed by atoms with E-state index in [1.165, 1.54) is 7.11 Å². The molecule has 0 aromatic heterocycles. The fourth-order valence-electron chi connectivity index (χ4n) is 3.79. The summed E-state index contributed by atoms with van der Waals surface area (Å²) in [7, 11) is 1.44. The summed E-state index contributed by atoms with van der Waals surface area (Å²) < 4.78 is 5.20. The molecule has 2 aromatic rings. The minimum Gasteiger partial charge on any atom is -0.490 e. The highest BCUT2D eigenvalue weighted by Gasteiger charge is 2.30. The number of nitrogens with zero attached hydrogens (tertiary/aromatic N) is 2. The van der Waals surface area contributed by atoms with Gasteiger partial charge in [-0.15, -0.1) is 0 Å². The summed E-state index contributed by atoms with van der Waals surface area (Å²) >= 11 is 0. The maximum absolute atomic E-state index is 12.5. The largest absolute Gasteiger partial charge is 0.490 e. The van der Waals surface area contributed by atoms with Crippen LogP contribution in [0.3, 0.4) is 0 Å². The molecule has 0 spiro atoms. The van der Waals surface area contributed by atoms with Crippen molar-refractivity contribution in [1.82, 2.24) is 10.2 Å². The molecular weight excluding hydrogens is 358 g/mol. The normalized spacial score (nSPS) is 15.6. The van der Waals surface area contributed by atoms with Gasteiger partial charge in [-0.25, -0.2) is 0 Å². The maximum Gasteiger partial charge on any atom is 0.314 e. The fourth-order valence-corrected chi connectivity index (χ4v) is 3.79. The number of benzene rings is 2. The minimum absolute atomic E-state index is 0.00827. The Morgan fingerprint density at radius 1 is 1.21 bits per heavy atom. The van der Waals surface area contributed by atoms with E-state index in [4.69, 9.17) is 4.74 Å². The Hall–Kier alpha value is -2.93. The van der Waals surface area contributed by atoms with Crippen molar-refractivity contribution in [1.29, 1.82) is 0 Å². The molecule has 7 heteroatoms. The van der Waals surface area contributed by atoms with Crippen molar-refractivity contribution in [3.63, 3.8) is 0 Å². The number of nitrogens with one attached hydrogen (secondary N) is 1. The van der Waals surface area contributed by atoms with E-state index in [-0.39, 0.29) is 28.3 Å². The van der Waals surface area contributed by atoms with Crippen LogP contribution in [0.1, 0.15) is 46.9 Å². The Labute approximate surface area is 164 Å². The average molecular weight is 383 g/mol. The molecule has 1 heterocycles. The van der Waals surface area contributed by atoms with Gasteiger partial charge in [-0.2, -0.15) is 0 Å². The summed E-state index contributed by atoms with van der Waals surface area (Å²) in [5.41, 5.74) is 3.23. The lowest BCUT2D eigenvalue weighted by Gasteiger charge is -2.28. The van der Waals surface area contributed by atoms with Crippen LogP contribution in [-0.4, -0.2) is 42.5 Å². The lowest BCUT2D eigenvalue weighted by atomic mass is 9.88. The van der Waals surface area contributed by atoms with E-state index in [2.05, 4.69) is 5.32 Å². The molecular formula is C21H25N3O4. The molecule has 0 saturated carbocycles. The van der Waals surface area contributed by atoms with Gasteiger partial charge >= 0.3 is 5.69 Å². The summed E-state index contributed by atoms with van der Waals surface area (Å²) in [5, 5.41) is 15.0. The molecule has 28 heavy (non-hydrogen) atoms. The van der Waals surface area contributed by atoms with Gasteiger partial charge in [0, 0.05) is 30.8 Å². The van der Waals surface area contributed by atoms with Gasteiger partial charge in [-0.1, -0.05) is 18.2 Å². The van der Waals surface area contributed by atoms with Crippen molar-refractivity contribution in [3.8, 4) is 5.75 Å². The Balaban J connectivity index is 1.96. The number of methoxy groups -OCH3 is 1. The van der Waals surface area contributed by atoms with E-state index in [0.717, 1.165) is 11.1 Å². The number of carbonyl (C=O) groups excluding carboxylic acids is 1. The zero-order valence-electron chi connectivity index (χ0n) is 16.4. The molecule has 0 aliphatic carbocycles. The number of fused-ring (bicyclic) bond motifs is 1. The smallest absolute Gasteiger partial charge is 0.314 e. The first kappa shape index (κ1) is 19.8. The van der Waals surface area contributed by atoms with Crippen molar-refractivity contribution >= 4 is 11.6 Å². The van der Waals surface area contributed by atoms with Crippen LogP contribution in [0.5, 0.6) is 5.75 Å². The number of rotatable bonds is 6. The lowest BCUT2D eigenvalue weighted by molar-refractivity contribution is -0.386. The zero-order chi connectivity index (χ0) is 20.3. The van der Waals surface area contributed by atoms with Crippen molar-refractivity contribution in [3.05, 3.63) is 68.8 Å². The summed E-state index contributed by atoms with van der Waals surface area (Å²) in [6.07, 6.45) is 0.567. The van der Waals surface area contributed by atoms with Crippen molar-refractivity contribution in [2.75, 3.05) is 26.7 Å². The molecule has 0 saturated heterocycles. The van der Waals surface area contributed by atoms with E-state index in [0.29, 0.717) is 37.2 Å². The fraction of sp³-hybridized carbons (Fsp3) is 0.381. The van der Waals surface area contributed by atoms with E-state index >= 15 is 0 Å². The Morgan fingerprint density at radius 2 is 1.89 bits per heavy atom. The first-order valence-electron chi connectivity index (χ1n) is 9.48. The van der Waals surface area contributed by atoms with Gasteiger partial charge in [0.05, 0.1) is 18.1 Å². The van der Waals surface area contributed by atoms with Crippen molar-refractivity contribution < 1.29 is 14.5 Å². The van der Waals surface area contributed by atoms with Crippen LogP contribution in [0.4, 0.5) is 5.69 Å². The van der Waals surface area contributed by atoms with Crippen LogP contribution >= 0.6 is 0 Å². The number of nitro groups is 1. The van der Waals surface area contributed by atoms with Gasteiger partial charge < -0.3 is 15.0 Å². The molecule has 1 atom stereocenters. The highest BCUT2D eigenvalue weighted by Crippen LogP contribution is 2.39. The topological polar surface area (TPSA) is 84.7 Å². The number of ether oxygens (including phenoxy) is 1. The summed E-state index contributed by atoms with van der Waals surface area (Å²) in [6, 6.07) is 10.8. The minimum atomic E-state index is -0.369. The Bertz CT molecular complexity index is 876. The molecule has 3 rings (SSSR count). The number of hydrogen-bond acceptors (Lipinski definition) is 5. The molecule has 7 nitrogen and oxygen atoms in total. The Morgan fingerprint density at radius 3 is 2.46 bits per heavy atom. The van der Waals surface area contributed by atoms with Crippen LogP contribution in [0.2, 0.25) is 0 Å². The van der Waals surface area contributed by atoms with Gasteiger partial charge in [0.15, 0.2) is 5.75 Å². The number of amides is 1. The van der Waals surface area contributed by atoms with Gasteiger partial charge in [0.2, 0.25) is 0 Å².